The lowest BCUT2D eigenvalue weighted by atomic mass is 9.73. The number of nitrogens with one attached hydrogen (secondary N) is 1. The maximum atomic E-state index is 12.7. The van der Waals surface area contributed by atoms with Crippen LogP contribution in [0.25, 0.3) is 0 Å². The summed E-state index contributed by atoms with van der Waals surface area (Å²) in [6.45, 7) is 3.46. The molecule has 0 unspecified atom stereocenters. The average molecular weight is 332 g/mol. The van der Waals surface area contributed by atoms with Crippen LogP contribution in [-0.2, 0) is 21.4 Å². The van der Waals surface area contributed by atoms with Crippen molar-refractivity contribution >= 4 is 23.4 Å². The summed E-state index contributed by atoms with van der Waals surface area (Å²) in [5, 5.41) is 7.04. The number of carbonyl (C=O) groups is 3. The highest BCUT2D eigenvalue weighted by atomic mass is 16.2. The van der Waals surface area contributed by atoms with Crippen molar-refractivity contribution in [2.24, 2.45) is 12.5 Å². The lowest BCUT2D eigenvalue weighted by Gasteiger charge is -2.30. The highest BCUT2D eigenvalue weighted by Gasteiger charge is 2.51. The van der Waals surface area contributed by atoms with Gasteiger partial charge in [-0.15, -0.1) is 0 Å². The zero-order chi connectivity index (χ0) is 17.5. The molecule has 1 aliphatic heterocycles. The van der Waals surface area contributed by atoms with E-state index in [4.69, 9.17) is 0 Å². The van der Waals surface area contributed by atoms with Crippen molar-refractivity contribution in [2.45, 2.75) is 52.4 Å². The number of hydrogen-bond donors (Lipinski definition) is 1. The van der Waals surface area contributed by atoms with E-state index in [1.165, 1.54) is 0 Å². The minimum absolute atomic E-state index is 0.165. The molecule has 3 rings (SSSR count). The maximum Gasteiger partial charge on any atom is 0.244 e. The number of rotatable bonds is 3. The lowest BCUT2D eigenvalue weighted by molar-refractivity contribution is -0.144. The van der Waals surface area contributed by atoms with Crippen LogP contribution >= 0.6 is 0 Å². The Bertz CT molecular complexity index is 701. The van der Waals surface area contributed by atoms with Gasteiger partial charge in [0.05, 0.1) is 22.5 Å². The van der Waals surface area contributed by atoms with Gasteiger partial charge in [-0.1, -0.05) is 19.3 Å². The van der Waals surface area contributed by atoms with E-state index in [-0.39, 0.29) is 30.7 Å². The first-order valence-corrected chi connectivity index (χ1v) is 8.49. The molecule has 0 bridgehead atoms. The molecule has 24 heavy (non-hydrogen) atoms. The van der Waals surface area contributed by atoms with E-state index in [9.17, 15) is 14.4 Å². The van der Waals surface area contributed by atoms with Gasteiger partial charge in [-0.05, 0) is 26.7 Å². The second-order valence-corrected chi connectivity index (χ2v) is 7.02. The number of carbonyl (C=O) groups excluding carboxylic acids is 3. The number of nitrogens with zero attached hydrogens (tertiary/aromatic N) is 3. The number of likely N-dealkylation sites (tertiary alicyclic amines) is 1. The molecular formula is C17H24N4O3. The van der Waals surface area contributed by atoms with Crippen molar-refractivity contribution in [2.75, 3.05) is 11.9 Å². The van der Waals surface area contributed by atoms with E-state index >= 15 is 0 Å². The van der Waals surface area contributed by atoms with Gasteiger partial charge in [0, 0.05) is 13.5 Å². The van der Waals surface area contributed by atoms with Crippen LogP contribution in [0.15, 0.2) is 0 Å². The van der Waals surface area contributed by atoms with Crippen molar-refractivity contribution in [3.05, 3.63) is 11.4 Å². The van der Waals surface area contributed by atoms with Gasteiger partial charge in [-0.2, -0.15) is 5.10 Å². The molecule has 2 heterocycles. The van der Waals surface area contributed by atoms with Crippen molar-refractivity contribution in [1.29, 1.82) is 0 Å². The summed E-state index contributed by atoms with van der Waals surface area (Å²) in [5.41, 5.74) is 1.65. The summed E-state index contributed by atoms with van der Waals surface area (Å²) in [4.78, 5) is 38.5. The minimum Gasteiger partial charge on any atom is -0.321 e. The zero-order valence-electron chi connectivity index (χ0n) is 14.5. The Morgan fingerprint density at radius 3 is 2.46 bits per heavy atom. The van der Waals surface area contributed by atoms with Crippen LogP contribution < -0.4 is 5.32 Å². The highest BCUT2D eigenvalue weighted by Crippen LogP contribution is 2.45. The van der Waals surface area contributed by atoms with Gasteiger partial charge in [-0.3, -0.25) is 24.0 Å². The summed E-state index contributed by atoms with van der Waals surface area (Å²) in [5.74, 6) is -0.748. The Morgan fingerprint density at radius 2 is 1.88 bits per heavy atom. The van der Waals surface area contributed by atoms with Gasteiger partial charge in [0.2, 0.25) is 17.7 Å². The highest BCUT2D eigenvalue weighted by molar-refractivity contribution is 6.09. The average Bonchev–Trinajstić information content (AvgIpc) is 2.90. The van der Waals surface area contributed by atoms with Crippen LogP contribution in [0.5, 0.6) is 0 Å². The van der Waals surface area contributed by atoms with Gasteiger partial charge in [0.15, 0.2) is 0 Å². The SMILES string of the molecule is Cc1nn(C)c(C)c1NC(=O)CN1C(=O)CC2(CCCCC2)C1=O. The largest absolute Gasteiger partial charge is 0.321 e. The lowest BCUT2D eigenvalue weighted by Crippen LogP contribution is -2.41. The maximum absolute atomic E-state index is 12.7. The van der Waals surface area contributed by atoms with Gasteiger partial charge < -0.3 is 5.32 Å². The van der Waals surface area contributed by atoms with Crippen LogP contribution in [0.3, 0.4) is 0 Å². The molecule has 7 nitrogen and oxygen atoms in total. The molecule has 0 aromatic carbocycles. The Morgan fingerprint density at radius 1 is 1.21 bits per heavy atom. The summed E-state index contributed by atoms with van der Waals surface area (Å²) in [6.07, 6.45) is 4.85. The van der Waals surface area contributed by atoms with Crippen LogP contribution in [0.4, 0.5) is 5.69 Å². The molecule has 1 N–H and O–H groups in total. The monoisotopic (exact) mass is 332 g/mol. The van der Waals surface area contributed by atoms with Crippen LogP contribution in [-0.4, -0.2) is 38.9 Å². The summed E-state index contributed by atoms with van der Waals surface area (Å²) in [7, 11) is 1.80. The summed E-state index contributed by atoms with van der Waals surface area (Å²) >= 11 is 0. The Balaban J connectivity index is 1.70. The van der Waals surface area contributed by atoms with Crippen molar-refractivity contribution < 1.29 is 14.4 Å². The summed E-state index contributed by atoms with van der Waals surface area (Å²) in [6, 6.07) is 0. The molecule has 1 saturated heterocycles. The number of hydrogen-bond acceptors (Lipinski definition) is 4. The van der Waals surface area contributed by atoms with Crippen LogP contribution in [0.1, 0.15) is 49.9 Å². The standard InChI is InChI=1S/C17H24N4O3/c1-11-15(12(2)20(3)19-11)18-13(22)10-21-14(23)9-17(16(21)24)7-5-4-6-8-17/h4-10H2,1-3H3,(H,18,22). The van der Waals surface area contributed by atoms with Crippen molar-refractivity contribution in [3.63, 3.8) is 0 Å². The third-order valence-electron chi connectivity index (χ3n) is 5.38. The Labute approximate surface area is 141 Å². The molecule has 130 valence electrons. The first-order valence-electron chi connectivity index (χ1n) is 8.49. The third-order valence-corrected chi connectivity index (χ3v) is 5.38. The molecule has 1 aromatic rings. The second-order valence-electron chi connectivity index (χ2n) is 7.02. The fourth-order valence-corrected chi connectivity index (χ4v) is 3.92. The fourth-order valence-electron chi connectivity index (χ4n) is 3.92. The first-order chi connectivity index (χ1) is 11.3. The van der Waals surface area contributed by atoms with Crippen molar-refractivity contribution in [1.82, 2.24) is 14.7 Å². The molecular weight excluding hydrogens is 308 g/mol. The predicted molar refractivity (Wildman–Crippen MR) is 88.2 cm³/mol. The van der Waals surface area contributed by atoms with E-state index in [0.29, 0.717) is 11.4 Å². The smallest absolute Gasteiger partial charge is 0.244 e. The van der Waals surface area contributed by atoms with Crippen molar-refractivity contribution in [3.8, 4) is 0 Å². The van der Waals surface area contributed by atoms with E-state index in [2.05, 4.69) is 10.4 Å². The summed E-state index contributed by atoms with van der Waals surface area (Å²) < 4.78 is 1.69. The van der Waals surface area contributed by atoms with E-state index < -0.39 is 5.41 Å². The number of anilines is 1. The molecule has 1 spiro atoms. The Hall–Kier alpha value is -2.18. The van der Waals surface area contributed by atoms with E-state index in [0.717, 1.165) is 42.7 Å². The molecule has 0 atom stereocenters. The molecule has 1 saturated carbocycles. The van der Waals surface area contributed by atoms with Crippen LogP contribution in [0.2, 0.25) is 0 Å². The molecule has 2 aliphatic rings. The van der Waals surface area contributed by atoms with Gasteiger partial charge in [-0.25, -0.2) is 0 Å². The quantitative estimate of drug-likeness (QED) is 0.854. The topological polar surface area (TPSA) is 84.3 Å². The van der Waals surface area contributed by atoms with Gasteiger partial charge in [0.1, 0.15) is 6.54 Å². The van der Waals surface area contributed by atoms with E-state index in [1.54, 1.807) is 11.7 Å². The molecule has 3 amide bonds. The second kappa shape index (κ2) is 6.03. The first kappa shape index (κ1) is 16.7. The minimum atomic E-state index is -0.546. The zero-order valence-corrected chi connectivity index (χ0v) is 14.5. The fraction of sp³-hybridized carbons (Fsp3) is 0.647. The number of aryl methyl sites for hydroxylation is 2. The van der Waals surface area contributed by atoms with Gasteiger partial charge in [0.25, 0.3) is 0 Å². The molecule has 2 fully saturated rings. The van der Waals surface area contributed by atoms with Gasteiger partial charge >= 0.3 is 0 Å². The predicted octanol–water partition coefficient (Wildman–Crippen LogP) is 1.68. The number of amides is 3. The van der Waals surface area contributed by atoms with Crippen LogP contribution in [0, 0.1) is 19.3 Å². The molecule has 0 radical (unpaired) electrons. The Kier molecular flexibility index (Phi) is 4.19. The number of imide groups is 1. The molecule has 1 aromatic heterocycles. The number of aromatic nitrogens is 2. The normalized spacial score (nSPS) is 20.0. The van der Waals surface area contributed by atoms with E-state index in [1.807, 2.05) is 13.8 Å². The molecule has 7 heteroatoms. The third kappa shape index (κ3) is 2.72. The molecule has 1 aliphatic carbocycles.